The fourth-order valence-corrected chi connectivity index (χ4v) is 14.1. The van der Waals surface area contributed by atoms with Gasteiger partial charge in [0.05, 0.1) is 129 Å². The van der Waals surface area contributed by atoms with Crippen molar-refractivity contribution in [2.24, 2.45) is 0 Å². The maximum atomic E-state index is 12.6. The minimum atomic E-state index is -0.718. The maximum Gasteiger partial charge on any atom is 0.348 e. The van der Waals surface area contributed by atoms with E-state index in [0.717, 1.165) is 34.1 Å². The lowest BCUT2D eigenvalue weighted by Gasteiger charge is -2.37. The van der Waals surface area contributed by atoms with Crippen LogP contribution in [0.25, 0.3) is 46.1 Å². The van der Waals surface area contributed by atoms with Crippen LogP contribution in [-0.2, 0) is 85.6 Å². The summed E-state index contributed by atoms with van der Waals surface area (Å²) in [7, 11) is 11.7. The third-order valence-electron chi connectivity index (χ3n) is 21.5. The lowest BCUT2D eigenvalue weighted by molar-refractivity contribution is -0.138. The van der Waals surface area contributed by atoms with Gasteiger partial charge in [-0.3, -0.25) is 9.59 Å². The smallest absolute Gasteiger partial charge is 0.348 e. The predicted molar refractivity (Wildman–Crippen MR) is 508 cm³/mol. The number of nitriles is 4. The Hall–Kier alpha value is -13.9. The minimum Gasteiger partial charge on any atom is -0.471 e. The highest BCUT2D eigenvalue weighted by atomic mass is 16.6. The molecule has 6 aromatic rings. The van der Waals surface area contributed by atoms with Gasteiger partial charge in [0.15, 0.2) is 0 Å². The van der Waals surface area contributed by atoms with Gasteiger partial charge in [0.25, 0.3) is 11.4 Å². The Morgan fingerprint density at radius 2 is 0.432 bits per heavy atom. The van der Waals surface area contributed by atoms with Gasteiger partial charge < -0.3 is 86.2 Å². The predicted octanol–water partition coefficient (Wildman–Crippen LogP) is 15.0. The number of carbonyl (C=O) groups is 6. The second kappa shape index (κ2) is 57.2. The summed E-state index contributed by atoms with van der Waals surface area (Å²) in [5, 5.41) is 39.4. The zero-order valence-corrected chi connectivity index (χ0v) is 77.5. The number of hydrogen-bond acceptors (Lipinski definition) is 28. The van der Waals surface area contributed by atoms with Gasteiger partial charge in [-0.15, -0.1) is 0 Å². The molecule has 6 aromatic carbocycles. The Labute approximate surface area is 775 Å². The quantitative estimate of drug-likeness (QED) is 0.0113. The van der Waals surface area contributed by atoms with Gasteiger partial charge in [-0.2, -0.15) is 21.0 Å². The van der Waals surface area contributed by atoms with Crippen LogP contribution in [0.2, 0.25) is 0 Å². The molecule has 1 fully saturated rings. The highest BCUT2D eigenvalue weighted by Gasteiger charge is 2.35. The molecular formula is C102H120N12O18. The molecule has 0 aromatic heterocycles. The number of carbonyl (C=O) groups excluding carboxylic acids is 6. The van der Waals surface area contributed by atoms with Crippen molar-refractivity contribution in [1.82, 2.24) is 0 Å². The Morgan fingerprint density at radius 1 is 0.280 bits per heavy atom. The fraction of sp³-hybridized carbons (Fsp3) is 0.412. The average Bonchev–Trinajstić information content (AvgIpc) is 0.853. The van der Waals surface area contributed by atoms with Crippen LogP contribution < -0.4 is 29.4 Å². The number of esters is 6. The van der Waals surface area contributed by atoms with Crippen molar-refractivity contribution in [2.45, 2.75) is 117 Å². The van der Waals surface area contributed by atoms with E-state index >= 15 is 0 Å². The van der Waals surface area contributed by atoms with E-state index in [9.17, 15) is 49.8 Å². The van der Waals surface area contributed by atoms with Crippen LogP contribution >= 0.6 is 0 Å². The molecule has 1 aliphatic carbocycles. The molecule has 1 aliphatic rings. The molecule has 0 N–H and O–H groups in total. The number of benzene rings is 6. The summed E-state index contributed by atoms with van der Waals surface area (Å²) < 4.78 is 74.6. The third kappa shape index (κ3) is 34.5. The largest absolute Gasteiger partial charge is 0.471 e. The summed E-state index contributed by atoms with van der Waals surface area (Å²) >= 11 is 0. The number of nitrogens with zero attached hydrogens (tertiary/aromatic N) is 12. The van der Waals surface area contributed by atoms with Crippen molar-refractivity contribution in [3.8, 4) is 24.3 Å². The van der Waals surface area contributed by atoms with E-state index in [0.29, 0.717) is 111 Å². The lowest BCUT2D eigenvalue weighted by Crippen LogP contribution is -2.43. The molecule has 0 saturated heterocycles. The van der Waals surface area contributed by atoms with Crippen molar-refractivity contribution in [1.29, 1.82) is 21.0 Å². The number of ether oxygens (including phenoxy) is 12. The summed E-state index contributed by atoms with van der Waals surface area (Å²) in [6.45, 7) is 29.7. The highest BCUT2D eigenvalue weighted by Crippen LogP contribution is 2.31. The number of likely N-dealkylation sites (N-methyl/N-ethyl adjacent to an activating group) is 6. The van der Waals surface area contributed by atoms with Crippen LogP contribution in [0.4, 0.5) is 34.1 Å². The summed E-state index contributed by atoms with van der Waals surface area (Å²) in [6.07, 6.45) is 7.59. The van der Waals surface area contributed by atoms with Crippen LogP contribution in [-0.4, -0.2) is 233 Å². The Balaban J connectivity index is 1.35. The summed E-state index contributed by atoms with van der Waals surface area (Å²) in [5.74, 6) is -4.29. The van der Waals surface area contributed by atoms with Crippen LogP contribution in [0.5, 0.6) is 0 Å². The first-order chi connectivity index (χ1) is 63.9. The van der Waals surface area contributed by atoms with E-state index in [4.69, 9.17) is 70.0 Å². The molecule has 0 bridgehead atoms. The second-order valence-electron chi connectivity index (χ2n) is 30.6. The van der Waals surface area contributed by atoms with E-state index in [1.54, 1.807) is 41.5 Å². The molecule has 696 valence electrons. The standard InChI is InChI=1S/C102H120N12O18/c1-15-121-97(115)79(69-103)63-73-21-33-83(34-22-73)109(9)51-57-127-91-45-46-92(128-58-52-110(10)84-35-23-74(24-36-84)64-80(70-104)98(116)122-16-2)94(130-60-54-112(12)86-39-27-76(28-40-86)66-82(72-106)100(118)124-18-4)48-50-96(132-62-56-114(14)88-43-31-78(32-44-88)68-90(108-8)102(120)126-20-6)95(131-61-55-113(13)87-41-29-77(30-42-87)67-89(107-7)101(119)125-19-5)49-47-93(91)129-59-53-111(11)85-37-25-75(26-38-85)65-81(71-105)99(117)123-17-3/h21-44,63-68,91-96H,15-20,45-62H2,1-6,9-14H3/b79-63+,80-64+,81-65+,82-66+,89-67-,90-68-. The van der Waals surface area contributed by atoms with E-state index in [-0.39, 0.29) is 113 Å². The minimum absolute atomic E-state index is 0.113. The number of hydrogen-bond donors (Lipinski definition) is 0. The van der Waals surface area contributed by atoms with Gasteiger partial charge in [0, 0.05) is 116 Å². The third-order valence-corrected chi connectivity index (χ3v) is 21.5. The van der Waals surface area contributed by atoms with E-state index in [1.807, 2.05) is 242 Å². The normalized spacial score (nSPS) is 16.2. The molecule has 132 heavy (non-hydrogen) atoms. The first-order valence-electron chi connectivity index (χ1n) is 44.1. The Bertz CT molecular complexity index is 4360. The zero-order valence-electron chi connectivity index (χ0n) is 77.5. The fourth-order valence-electron chi connectivity index (χ4n) is 14.1. The molecule has 0 heterocycles. The monoisotopic (exact) mass is 1800 g/mol. The van der Waals surface area contributed by atoms with Gasteiger partial charge in [0.1, 0.15) is 46.6 Å². The topological polar surface area (TPSA) is 337 Å². The van der Waals surface area contributed by atoms with E-state index < -0.39 is 72.4 Å². The van der Waals surface area contributed by atoms with Crippen LogP contribution in [0.15, 0.2) is 179 Å². The van der Waals surface area contributed by atoms with Gasteiger partial charge >= 0.3 is 35.8 Å². The molecule has 0 aliphatic heterocycles. The van der Waals surface area contributed by atoms with Gasteiger partial charge in [0.2, 0.25) is 0 Å². The molecule has 0 amide bonds. The van der Waals surface area contributed by atoms with Crippen LogP contribution in [0.3, 0.4) is 0 Å². The molecule has 0 radical (unpaired) electrons. The molecule has 1 saturated carbocycles. The van der Waals surface area contributed by atoms with Gasteiger partial charge in [-0.1, -0.05) is 72.8 Å². The summed E-state index contributed by atoms with van der Waals surface area (Å²) in [5.41, 5.74) is 7.90. The van der Waals surface area contributed by atoms with Crippen molar-refractivity contribution >= 4 is 106 Å². The zero-order chi connectivity index (χ0) is 95.7. The molecule has 30 nitrogen and oxygen atoms in total. The molecule has 6 atom stereocenters. The molecule has 0 spiro atoms. The first-order valence-corrected chi connectivity index (χ1v) is 44.1. The van der Waals surface area contributed by atoms with Crippen LogP contribution in [0.1, 0.15) is 113 Å². The number of rotatable bonds is 48. The van der Waals surface area contributed by atoms with Gasteiger partial charge in [-0.25, -0.2) is 28.9 Å². The molecule has 7 rings (SSSR count). The van der Waals surface area contributed by atoms with E-state index in [2.05, 4.69) is 9.69 Å². The van der Waals surface area contributed by atoms with Crippen molar-refractivity contribution in [3.05, 3.63) is 235 Å². The molecule has 6 unspecified atom stereocenters. The first kappa shape index (κ1) is 105. The number of anilines is 6. The molecule has 30 heteroatoms. The lowest BCUT2D eigenvalue weighted by atomic mass is 9.92. The van der Waals surface area contributed by atoms with Crippen molar-refractivity contribution in [3.63, 3.8) is 0 Å². The highest BCUT2D eigenvalue weighted by molar-refractivity contribution is 6.00. The van der Waals surface area contributed by atoms with Gasteiger partial charge in [-0.05, 0) is 223 Å². The average molecular weight is 1800 g/mol. The maximum absolute atomic E-state index is 12.6. The van der Waals surface area contributed by atoms with E-state index in [1.165, 1.54) is 36.5 Å². The summed E-state index contributed by atoms with van der Waals surface area (Å²) in [6, 6.07) is 52.4. The van der Waals surface area contributed by atoms with Crippen LogP contribution in [0, 0.1) is 58.5 Å². The molecular weight excluding hydrogens is 1680 g/mol. The Morgan fingerprint density at radius 3 is 0.576 bits per heavy atom. The SMILES string of the molecule is [C-]#[N+]/C(=C\c1ccc(N(C)CCOC2CCC(OCCN(C)c3ccc(/C=C(\C#N)C(=O)OCC)cc3)C(OCCN(C)c3ccc(/C=C(\C#N)C(=O)OCC)cc3)CCC(OCCN(C)c3ccc(/C=C(\C#N)C(=O)OCC)cc3)C(OCCN(C)c3ccc(/C=C(\C#N)C(=O)OCC)cc3)CCC2OCCN(C)c2ccc(/C=C(\[N+]#[C-])C(=O)OCC)cc2)cc1)C(=O)OCC. The summed E-state index contributed by atoms with van der Waals surface area (Å²) in [4.78, 5) is 95.0. The second-order valence-corrected chi connectivity index (χ2v) is 30.6. The van der Waals surface area contributed by atoms with Crippen molar-refractivity contribution < 1.29 is 85.6 Å². The Kier molecular flexibility index (Phi) is 45.6. The van der Waals surface area contributed by atoms with Crippen molar-refractivity contribution in [2.75, 3.05) is 190 Å².